The van der Waals surface area contributed by atoms with Gasteiger partial charge in [0.1, 0.15) is 18.2 Å². The van der Waals surface area contributed by atoms with Crippen molar-refractivity contribution in [3.8, 4) is 5.69 Å². The van der Waals surface area contributed by atoms with Crippen LogP contribution in [0.3, 0.4) is 0 Å². The highest BCUT2D eigenvalue weighted by Crippen LogP contribution is 2.27. The summed E-state index contributed by atoms with van der Waals surface area (Å²) in [6.45, 7) is 8.57. The minimum Gasteiger partial charge on any atom is -0.385 e. The van der Waals surface area contributed by atoms with E-state index in [1.807, 2.05) is 58.0 Å². The summed E-state index contributed by atoms with van der Waals surface area (Å²) < 4.78 is 20.9. The van der Waals surface area contributed by atoms with Crippen LogP contribution in [0.1, 0.15) is 38.4 Å². The Kier molecular flexibility index (Phi) is 8.82. The SMILES string of the molecule is COCCCN(CC(=O)Nc1cc(C(C)(C)C)nn1-c1ccccc1C)C(=O)Nc1ccccc1F. The van der Waals surface area contributed by atoms with Crippen LogP contribution in [0, 0.1) is 12.7 Å². The Hall–Kier alpha value is -3.72. The predicted octanol–water partition coefficient (Wildman–Crippen LogP) is 5.13. The van der Waals surface area contributed by atoms with Crippen molar-refractivity contribution >= 4 is 23.4 Å². The molecule has 1 aromatic heterocycles. The molecule has 0 aliphatic rings. The highest BCUT2D eigenvalue weighted by molar-refractivity contribution is 5.96. The summed E-state index contributed by atoms with van der Waals surface area (Å²) in [5.41, 5.74) is 2.47. The van der Waals surface area contributed by atoms with Crippen LogP contribution in [0.4, 0.5) is 20.7 Å². The van der Waals surface area contributed by atoms with Crippen LogP contribution in [0.5, 0.6) is 0 Å². The van der Waals surface area contributed by atoms with Crippen LogP contribution in [0.25, 0.3) is 5.69 Å². The number of halogens is 1. The van der Waals surface area contributed by atoms with Crippen molar-refractivity contribution in [1.82, 2.24) is 14.7 Å². The summed E-state index contributed by atoms with van der Waals surface area (Å²) in [6, 6.07) is 14.9. The fourth-order valence-corrected chi connectivity index (χ4v) is 3.59. The van der Waals surface area contributed by atoms with Crippen LogP contribution >= 0.6 is 0 Å². The molecule has 3 rings (SSSR count). The van der Waals surface area contributed by atoms with E-state index < -0.39 is 17.8 Å². The number of carbonyl (C=O) groups excluding carboxylic acids is 2. The van der Waals surface area contributed by atoms with Crippen LogP contribution in [-0.2, 0) is 14.9 Å². The highest BCUT2D eigenvalue weighted by atomic mass is 19.1. The second-order valence-corrected chi connectivity index (χ2v) is 9.59. The van der Waals surface area contributed by atoms with Crippen molar-refractivity contribution in [2.45, 2.75) is 39.5 Å². The zero-order chi connectivity index (χ0) is 26.3. The Labute approximate surface area is 211 Å². The van der Waals surface area contributed by atoms with Crippen LogP contribution in [0.2, 0.25) is 0 Å². The maximum Gasteiger partial charge on any atom is 0.322 e. The normalized spacial score (nSPS) is 11.3. The predicted molar refractivity (Wildman–Crippen MR) is 139 cm³/mol. The van der Waals surface area contributed by atoms with E-state index in [0.29, 0.717) is 18.8 Å². The Morgan fingerprint density at radius 3 is 2.44 bits per heavy atom. The van der Waals surface area contributed by atoms with Gasteiger partial charge in [0, 0.05) is 31.7 Å². The Bertz CT molecular complexity index is 1200. The van der Waals surface area contributed by atoms with Gasteiger partial charge in [-0.15, -0.1) is 0 Å². The monoisotopic (exact) mass is 495 g/mol. The van der Waals surface area contributed by atoms with Crippen LogP contribution < -0.4 is 10.6 Å². The number of para-hydroxylation sites is 2. The van der Waals surface area contributed by atoms with E-state index >= 15 is 0 Å². The molecule has 1 heterocycles. The number of anilines is 2. The van der Waals surface area contributed by atoms with Gasteiger partial charge in [-0.05, 0) is 37.1 Å². The van der Waals surface area contributed by atoms with E-state index in [0.717, 1.165) is 16.9 Å². The topological polar surface area (TPSA) is 88.5 Å². The van der Waals surface area contributed by atoms with Crippen molar-refractivity contribution in [2.75, 3.05) is 37.4 Å². The van der Waals surface area contributed by atoms with Crippen molar-refractivity contribution in [3.05, 3.63) is 71.7 Å². The molecule has 0 bridgehead atoms. The Balaban J connectivity index is 1.82. The van der Waals surface area contributed by atoms with Gasteiger partial charge < -0.3 is 20.3 Å². The van der Waals surface area contributed by atoms with Gasteiger partial charge in [-0.1, -0.05) is 51.1 Å². The number of aryl methyl sites for hydroxylation is 1. The standard InChI is InChI=1S/C27H34FN5O3/c1-19-11-6-9-14-22(19)33-24(17-23(31-33)27(2,3)4)30-25(34)18-32(15-10-16-36-5)26(35)29-21-13-8-7-12-20(21)28/h6-9,11-14,17H,10,15-16,18H2,1-5H3,(H,29,35)(H,30,34). The molecule has 0 atom stereocenters. The van der Waals surface area contributed by atoms with Crippen LogP contribution in [-0.4, -0.2) is 53.4 Å². The first-order chi connectivity index (χ1) is 17.1. The number of aromatic nitrogens is 2. The number of hydrogen-bond donors (Lipinski definition) is 2. The van der Waals surface area contributed by atoms with E-state index in [1.54, 1.807) is 17.9 Å². The van der Waals surface area contributed by atoms with E-state index in [4.69, 9.17) is 9.84 Å². The minimum absolute atomic E-state index is 0.0482. The first-order valence-corrected chi connectivity index (χ1v) is 11.9. The molecule has 0 unspecified atom stereocenters. The third-order valence-electron chi connectivity index (χ3n) is 5.60. The largest absolute Gasteiger partial charge is 0.385 e. The summed E-state index contributed by atoms with van der Waals surface area (Å²) in [4.78, 5) is 27.4. The van der Waals surface area contributed by atoms with E-state index in [9.17, 15) is 14.0 Å². The number of nitrogens with one attached hydrogen (secondary N) is 2. The van der Waals surface area contributed by atoms with Gasteiger partial charge in [0.25, 0.3) is 0 Å². The van der Waals surface area contributed by atoms with Crippen molar-refractivity contribution in [1.29, 1.82) is 0 Å². The summed E-state index contributed by atoms with van der Waals surface area (Å²) in [6.07, 6.45) is 0.518. The van der Waals surface area contributed by atoms with E-state index in [1.165, 1.54) is 23.1 Å². The molecule has 0 spiro atoms. The first-order valence-electron chi connectivity index (χ1n) is 11.9. The van der Waals surface area contributed by atoms with E-state index in [-0.39, 0.29) is 24.2 Å². The summed E-state index contributed by atoms with van der Waals surface area (Å²) in [7, 11) is 1.57. The lowest BCUT2D eigenvalue weighted by atomic mass is 9.92. The summed E-state index contributed by atoms with van der Waals surface area (Å²) in [5.74, 6) is -0.444. The number of urea groups is 1. The molecule has 0 saturated heterocycles. The quantitative estimate of drug-likeness (QED) is 0.403. The molecule has 2 N–H and O–H groups in total. The number of methoxy groups -OCH3 is 1. The number of benzene rings is 2. The lowest BCUT2D eigenvalue weighted by molar-refractivity contribution is -0.116. The maximum absolute atomic E-state index is 14.1. The number of nitrogens with zero attached hydrogens (tertiary/aromatic N) is 3. The van der Waals surface area contributed by atoms with Gasteiger partial charge in [-0.25, -0.2) is 13.9 Å². The molecule has 0 aliphatic carbocycles. The molecule has 0 fully saturated rings. The van der Waals surface area contributed by atoms with Crippen molar-refractivity contribution in [3.63, 3.8) is 0 Å². The molecule has 192 valence electrons. The fraction of sp³-hybridized carbons (Fsp3) is 0.370. The number of rotatable bonds is 9. The molecule has 8 nitrogen and oxygen atoms in total. The summed E-state index contributed by atoms with van der Waals surface area (Å²) in [5, 5.41) is 10.2. The van der Waals surface area contributed by atoms with Gasteiger partial charge in [0.15, 0.2) is 0 Å². The van der Waals surface area contributed by atoms with Crippen molar-refractivity contribution < 1.29 is 18.7 Å². The molecule has 3 amide bonds. The molecule has 9 heteroatoms. The molecule has 0 saturated carbocycles. The molecule has 36 heavy (non-hydrogen) atoms. The zero-order valence-corrected chi connectivity index (χ0v) is 21.5. The number of carbonyl (C=O) groups is 2. The first kappa shape index (κ1) is 26.9. The Morgan fingerprint density at radius 1 is 1.08 bits per heavy atom. The second kappa shape index (κ2) is 11.8. The average Bonchev–Trinajstić information content (AvgIpc) is 3.24. The molecule has 0 aliphatic heterocycles. The second-order valence-electron chi connectivity index (χ2n) is 9.59. The van der Waals surface area contributed by atoms with Gasteiger partial charge in [0.2, 0.25) is 5.91 Å². The smallest absolute Gasteiger partial charge is 0.322 e. The number of amides is 3. The number of hydrogen-bond acceptors (Lipinski definition) is 4. The lowest BCUT2D eigenvalue weighted by Gasteiger charge is -2.23. The molecule has 3 aromatic rings. The average molecular weight is 496 g/mol. The van der Waals surface area contributed by atoms with Crippen LogP contribution in [0.15, 0.2) is 54.6 Å². The molecular weight excluding hydrogens is 461 g/mol. The third-order valence-corrected chi connectivity index (χ3v) is 5.60. The minimum atomic E-state index is -0.575. The zero-order valence-electron chi connectivity index (χ0n) is 21.5. The van der Waals surface area contributed by atoms with Crippen molar-refractivity contribution in [2.24, 2.45) is 0 Å². The van der Waals surface area contributed by atoms with Gasteiger partial charge in [-0.2, -0.15) is 5.10 Å². The lowest BCUT2D eigenvalue weighted by Crippen LogP contribution is -2.41. The third kappa shape index (κ3) is 6.91. The van der Waals surface area contributed by atoms with Gasteiger partial charge >= 0.3 is 6.03 Å². The summed E-state index contributed by atoms with van der Waals surface area (Å²) >= 11 is 0. The Morgan fingerprint density at radius 2 is 1.78 bits per heavy atom. The van der Waals surface area contributed by atoms with Gasteiger partial charge in [0.05, 0.1) is 17.1 Å². The molecule has 0 radical (unpaired) electrons. The fourth-order valence-electron chi connectivity index (χ4n) is 3.59. The molecular formula is C27H34FN5O3. The maximum atomic E-state index is 14.1. The van der Waals surface area contributed by atoms with Gasteiger partial charge in [-0.3, -0.25) is 4.79 Å². The van der Waals surface area contributed by atoms with E-state index in [2.05, 4.69) is 10.6 Å². The molecule has 2 aromatic carbocycles. The highest BCUT2D eigenvalue weighted by Gasteiger charge is 2.24. The number of ether oxygens (including phenoxy) is 1.